The summed E-state index contributed by atoms with van der Waals surface area (Å²) < 4.78 is 5.46. The summed E-state index contributed by atoms with van der Waals surface area (Å²) in [6, 6.07) is 0.598. The minimum atomic E-state index is 0.405. The fraction of sp³-hybridized carbons (Fsp3) is 0.688. The number of aromatic nitrogens is 1. The molecule has 3 nitrogen and oxygen atoms in total. The SMILES string of the molecule is COc1c(C)cnc(CNC2CCCC2(C)C)c1C. The van der Waals surface area contributed by atoms with Crippen LogP contribution in [0.4, 0.5) is 0 Å². The van der Waals surface area contributed by atoms with Crippen LogP contribution in [0, 0.1) is 19.3 Å². The van der Waals surface area contributed by atoms with Crippen molar-refractivity contribution in [3.05, 3.63) is 23.0 Å². The topological polar surface area (TPSA) is 34.1 Å². The van der Waals surface area contributed by atoms with Crippen molar-refractivity contribution >= 4 is 0 Å². The normalized spacial score (nSPS) is 21.6. The molecule has 1 aliphatic rings. The van der Waals surface area contributed by atoms with Gasteiger partial charge in [-0.15, -0.1) is 0 Å². The third-order valence-electron chi connectivity index (χ3n) is 4.52. The summed E-state index contributed by atoms with van der Waals surface area (Å²) in [5, 5.41) is 3.68. The van der Waals surface area contributed by atoms with Gasteiger partial charge in [-0.05, 0) is 32.1 Å². The van der Waals surface area contributed by atoms with Crippen LogP contribution >= 0.6 is 0 Å². The van der Waals surface area contributed by atoms with E-state index in [0.717, 1.165) is 29.1 Å². The Kier molecular flexibility index (Phi) is 4.14. The molecule has 2 rings (SSSR count). The molecule has 1 aromatic rings. The third kappa shape index (κ3) is 2.92. The number of methoxy groups -OCH3 is 1. The van der Waals surface area contributed by atoms with Gasteiger partial charge in [0, 0.05) is 29.9 Å². The molecule has 0 spiro atoms. The van der Waals surface area contributed by atoms with E-state index in [1.165, 1.54) is 19.3 Å². The molecule has 0 amide bonds. The molecule has 1 fully saturated rings. The maximum atomic E-state index is 5.46. The van der Waals surface area contributed by atoms with Gasteiger partial charge in [0.2, 0.25) is 0 Å². The Labute approximate surface area is 116 Å². The van der Waals surface area contributed by atoms with Gasteiger partial charge < -0.3 is 10.1 Å². The average Bonchev–Trinajstić information content (AvgIpc) is 2.68. The summed E-state index contributed by atoms with van der Waals surface area (Å²) in [7, 11) is 1.73. The molecule has 1 aliphatic carbocycles. The zero-order valence-corrected chi connectivity index (χ0v) is 12.8. The van der Waals surface area contributed by atoms with Crippen LogP contribution in [0.1, 0.15) is 49.9 Å². The monoisotopic (exact) mass is 262 g/mol. The van der Waals surface area contributed by atoms with Gasteiger partial charge in [0.05, 0.1) is 12.8 Å². The molecule has 0 radical (unpaired) electrons. The average molecular weight is 262 g/mol. The molecule has 0 bridgehead atoms. The van der Waals surface area contributed by atoms with Crippen molar-refractivity contribution in [1.82, 2.24) is 10.3 Å². The second-order valence-electron chi connectivity index (χ2n) is 6.36. The summed E-state index contributed by atoms with van der Waals surface area (Å²) in [5.74, 6) is 0.970. The molecule has 3 heteroatoms. The maximum Gasteiger partial charge on any atom is 0.128 e. The molecule has 1 saturated carbocycles. The van der Waals surface area contributed by atoms with Crippen molar-refractivity contribution in [2.24, 2.45) is 5.41 Å². The predicted molar refractivity (Wildman–Crippen MR) is 78.5 cm³/mol. The highest BCUT2D eigenvalue weighted by atomic mass is 16.5. The molecular formula is C16H26N2O. The second-order valence-corrected chi connectivity index (χ2v) is 6.36. The van der Waals surface area contributed by atoms with Gasteiger partial charge in [0.25, 0.3) is 0 Å². The zero-order chi connectivity index (χ0) is 14.0. The number of hydrogen-bond acceptors (Lipinski definition) is 3. The number of aryl methyl sites for hydroxylation is 1. The molecule has 1 atom stereocenters. The quantitative estimate of drug-likeness (QED) is 0.903. The van der Waals surface area contributed by atoms with Crippen LogP contribution < -0.4 is 10.1 Å². The fourth-order valence-electron chi connectivity index (χ4n) is 3.17. The number of rotatable bonds is 4. The first kappa shape index (κ1) is 14.3. The van der Waals surface area contributed by atoms with Crippen LogP contribution in [-0.4, -0.2) is 18.1 Å². The van der Waals surface area contributed by atoms with Crippen molar-refractivity contribution in [2.45, 2.75) is 59.5 Å². The van der Waals surface area contributed by atoms with E-state index in [-0.39, 0.29) is 0 Å². The molecule has 106 valence electrons. The highest BCUT2D eigenvalue weighted by Crippen LogP contribution is 2.37. The number of nitrogens with zero attached hydrogens (tertiary/aromatic N) is 1. The predicted octanol–water partition coefficient (Wildman–Crippen LogP) is 3.38. The summed E-state index contributed by atoms with van der Waals surface area (Å²) in [6.45, 7) is 9.67. The van der Waals surface area contributed by atoms with Gasteiger partial charge in [-0.1, -0.05) is 20.3 Å². The lowest BCUT2D eigenvalue weighted by Crippen LogP contribution is -2.37. The smallest absolute Gasteiger partial charge is 0.128 e. The Morgan fingerprint density at radius 2 is 2.16 bits per heavy atom. The Morgan fingerprint density at radius 3 is 2.74 bits per heavy atom. The minimum absolute atomic E-state index is 0.405. The highest BCUT2D eigenvalue weighted by molar-refractivity contribution is 5.41. The summed E-state index contributed by atoms with van der Waals surface area (Å²) in [5.41, 5.74) is 3.77. The van der Waals surface area contributed by atoms with Crippen molar-refractivity contribution in [3.63, 3.8) is 0 Å². The van der Waals surface area contributed by atoms with Crippen LogP contribution in [-0.2, 0) is 6.54 Å². The van der Waals surface area contributed by atoms with Crippen molar-refractivity contribution in [3.8, 4) is 5.75 Å². The summed E-state index contributed by atoms with van der Waals surface area (Å²) >= 11 is 0. The number of nitrogens with one attached hydrogen (secondary N) is 1. The zero-order valence-electron chi connectivity index (χ0n) is 12.8. The Bertz CT molecular complexity index is 454. The molecule has 19 heavy (non-hydrogen) atoms. The molecule has 0 saturated heterocycles. The van der Waals surface area contributed by atoms with Gasteiger partial charge >= 0.3 is 0 Å². The largest absolute Gasteiger partial charge is 0.496 e. The van der Waals surface area contributed by atoms with Crippen molar-refractivity contribution in [1.29, 1.82) is 0 Å². The van der Waals surface area contributed by atoms with E-state index in [2.05, 4.69) is 31.1 Å². The third-order valence-corrected chi connectivity index (χ3v) is 4.52. The Hall–Kier alpha value is -1.09. The van der Waals surface area contributed by atoms with Gasteiger partial charge in [0.1, 0.15) is 5.75 Å². The Morgan fingerprint density at radius 1 is 1.42 bits per heavy atom. The molecule has 0 aliphatic heterocycles. The van der Waals surface area contributed by atoms with E-state index in [1.807, 2.05) is 13.1 Å². The number of ether oxygens (including phenoxy) is 1. The Balaban J connectivity index is 2.08. The molecule has 0 aromatic carbocycles. The lowest BCUT2D eigenvalue weighted by molar-refractivity contribution is 0.281. The van der Waals surface area contributed by atoms with E-state index in [0.29, 0.717) is 11.5 Å². The van der Waals surface area contributed by atoms with Crippen LogP contribution in [0.2, 0.25) is 0 Å². The van der Waals surface area contributed by atoms with Gasteiger partial charge in [-0.2, -0.15) is 0 Å². The van der Waals surface area contributed by atoms with E-state index in [4.69, 9.17) is 4.74 Å². The van der Waals surface area contributed by atoms with Crippen molar-refractivity contribution in [2.75, 3.05) is 7.11 Å². The first-order chi connectivity index (χ1) is 8.95. The van der Waals surface area contributed by atoms with Gasteiger partial charge in [-0.25, -0.2) is 0 Å². The van der Waals surface area contributed by atoms with E-state index in [9.17, 15) is 0 Å². The van der Waals surface area contributed by atoms with Crippen LogP contribution in [0.25, 0.3) is 0 Å². The number of hydrogen-bond donors (Lipinski definition) is 1. The second kappa shape index (κ2) is 5.49. The van der Waals surface area contributed by atoms with Gasteiger partial charge in [0.15, 0.2) is 0 Å². The molecule has 1 heterocycles. The number of pyridine rings is 1. The summed E-state index contributed by atoms with van der Waals surface area (Å²) in [4.78, 5) is 4.55. The van der Waals surface area contributed by atoms with Gasteiger partial charge in [-0.3, -0.25) is 4.98 Å². The van der Waals surface area contributed by atoms with E-state index < -0.39 is 0 Å². The lowest BCUT2D eigenvalue weighted by atomic mass is 9.87. The molecular weight excluding hydrogens is 236 g/mol. The summed E-state index contributed by atoms with van der Waals surface area (Å²) in [6.07, 6.45) is 5.82. The fourth-order valence-corrected chi connectivity index (χ4v) is 3.17. The van der Waals surface area contributed by atoms with E-state index >= 15 is 0 Å². The molecule has 1 unspecified atom stereocenters. The van der Waals surface area contributed by atoms with E-state index in [1.54, 1.807) is 7.11 Å². The minimum Gasteiger partial charge on any atom is -0.496 e. The van der Waals surface area contributed by atoms with Crippen LogP contribution in [0.15, 0.2) is 6.20 Å². The molecule has 1 N–H and O–H groups in total. The van der Waals surface area contributed by atoms with Crippen LogP contribution in [0.5, 0.6) is 5.75 Å². The van der Waals surface area contributed by atoms with Crippen molar-refractivity contribution < 1.29 is 4.74 Å². The van der Waals surface area contributed by atoms with Crippen LogP contribution in [0.3, 0.4) is 0 Å². The maximum absolute atomic E-state index is 5.46. The lowest BCUT2D eigenvalue weighted by Gasteiger charge is -2.28. The first-order valence-corrected chi connectivity index (χ1v) is 7.18. The first-order valence-electron chi connectivity index (χ1n) is 7.18. The molecule has 1 aromatic heterocycles. The highest BCUT2D eigenvalue weighted by Gasteiger charge is 2.33. The standard InChI is InChI=1S/C16H26N2O/c1-11-9-17-13(12(2)15(11)19-5)10-18-14-7-6-8-16(14,3)4/h9,14,18H,6-8,10H2,1-5H3.